The van der Waals surface area contributed by atoms with Gasteiger partial charge in [0.15, 0.2) is 0 Å². The molecular formula is C16H25N3O2. The lowest BCUT2D eigenvalue weighted by atomic mass is 10.0. The molecule has 2 aliphatic heterocycles. The Hall–Kier alpha value is -1.36. The summed E-state index contributed by atoms with van der Waals surface area (Å²) in [6.45, 7) is 4.00. The zero-order valence-electron chi connectivity index (χ0n) is 12.6. The molecule has 2 unspecified atom stereocenters. The number of allylic oxidation sites excluding steroid dienone is 2. The number of amides is 2. The van der Waals surface area contributed by atoms with Crippen molar-refractivity contribution in [3.8, 4) is 0 Å². The summed E-state index contributed by atoms with van der Waals surface area (Å²) in [4.78, 5) is 28.9. The first-order valence-electron chi connectivity index (χ1n) is 8.21. The highest BCUT2D eigenvalue weighted by Crippen LogP contribution is 2.25. The highest BCUT2D eigenvalue weighted by molar-refractivity contribution is 5.88. The number of rotatable bonds is 3. The summed E-state index contributed by atoms with van der Waals surface area (Å²) in [6, 6.07) is -0.207. The molecule has 5 nitrogen and oxygen atoms in total. The summed E-state index contributed by atoms with van der Waals surface area (Å²) < 4.78 is 0. The first-order valence-corrected chi connectivity index (χ1v) is 8.21. The molecule has 116 valence electrons. The van der Waals surface area contributed by atoms with Gasteiger partial charge in [0.1, 0.15) is 6.04 Å². The molecule has 3 aliphatic rings. The van der Waals surface area contributed by atoms with Crippen molar-refractivity contribution in [2.24, 2.45) is 5.92 Å². The van der Waals surface area contributed by atoms with Crippen molar-refractivity contribution in [2.75, 3.05) is 32.7 Å². The van der Waals surface area contributed by atoms with E-state index in [1.54, 1.807) is 0 Å². The SMILES string of the molecule is O=C(C1CCCN1C(=O)CC1C=CCC1)N1CCNCC1. The first kappa shape index (κ1) is 14.6. The summed E-state index contributed by atoms with van der Waals surface area (Å²) >= 11 is 0. The van der Waals surface area contributed by atoms with Gasteiger partial charge in [-0.1, -0.05) is 12.2 Å². The number of likely N-dealkylation sites (tertiary alicyclic amines) is 1. The number of hydrogen-bond acceptors (Lipinski definition) is 3. The molecule has 0 saturated carbocycles. The summed E-state index contributed by atoms with van der Waals surface area (Å²) in [5.74, 6) is 0.704. The van der Waals surface area contributed by atoms with Crippen LogP contribution in [0.2, 0.25) is 0 Å². The third-order valence-corrected chi connectivity index (χ3v) is 4.84. The summed E-state index contributed by atoms with van der Waals surface area (Å²) in [5, 5.41) is 3.26. The summed E-state index contributed by atoms with van der Waals surface area (Å²) in [5.41, 5.74) is 0. The van der Waals surface area contributed by atoms with Gasteiger partial charge in [0.25, 0.3) is 0 Å². The second-order valence-corrected chi connectivity index (χ2v) is 6.29. The number of hydrogen-bond donors (Lipinski definition) is 1. The van der Waals surface area contributed by atoms with Crippen molar-refractivity contribution in [3.63, 3.8) is 0 Å². The van der Waals surface area contributed by atoms with Crippen molar-refractivity contribution < 1.29 is 9.59 Å². The monoisotopic (exact) mass is 291 g/mol. The fraction of sp³-hybridized carbons (Fsp3) is 0.750. The van der Waals surface area contributed by atoms with Crippen LogP contribution < -0.4 is 5.32 Å². The molecule has 5 heteroatoms. The number of carbonyl (C=O) groups is 2. The minimum Gasteiger partial charge on any atom is -0.338 e. The van der Waals surface area contributed by atoms with Gasteiger partial charge in [0.05, 0.1) is 0 Å². The fourth-order valence-electron chi connectivity index (χ4n) is 3.62. The second-order valence-electron chi connectivity index (χ2n) is 6.29. The Bertz CT molecular complexity index is 429. The largest absolute Gasteiger partial charge is 0.338 e. The Labute approximate surface area is 126 Å². The molecule has 2 heterocycles. The Balaban J connectivity index is 1.59. The number of piperazine rings is 1. The standard InChI is InChI=1S/C16H25N3O2/c20-15(12-13-4-1-2-5-13)19-9-3-6-14(19)16(21)18-10-7-17-8-11-18/h1,4,13-14,17H,2-3,5-12H2. The van der Waals surface area contributed by atoms with E-state index in [0.717, 1.165) is 58.4 Å². The van der Waals surface area contributed by atoms with Gasteiger partial charge >= 0.3 is 0 Å². The average Bonchev–Trinajstić information content (AvgIpc) is 3.18. The molecule has 0 aromatic carbocycles. The third kappa shape index (κ3) is 3.28. The van der Waals surface area contributed by atoms with Gasteiger partial charge in [-0.3, -0.25) is 9.59 Å². The molecule has 2 amide bonds. The lowest BCUT2D eigenvalue weighted by Crippen LogP contribution is -2.53. The molecule has 2 fully saturated rings. The van der Waals surface area contributed by atoms with Gasteiger partial charge in [0.2, 0.25) is 11.8 Å². The van der Waals surface area contributed by atoms with E-state index in [0.29, 0.717) is 12.3 Å². The lowest BCUT2D eigenvalue weighted by molar-refractivity contribution is -0.144. The number of carbonyl (C=O) groups excluding carboxylic acids is 2. The molecule has 1 N–H and O–H groups in total. The lowest BCUT2D eigenvalue weighted by Gasteiger charge is -2.33. The topological polar surface area (TPSA) is 52.7 Å². The van der Waals surface area contributed by atoms with Crippen LogP contribution in [-0.2, 0) is 9.59 Å². The number of nitrogens with one attached hydrogen (secondary N) is 1. The Morgan fingerprint density at radius 3 is 2.67 bits per heavy atom. The van der Waals surface area contributed by atoms with Crippen LogP contribution in [0.3, 0.4) is 0 Å². The van der Waals surface area contributed by atoms with E-state index < -0.39 is 0 Å². The molecule has 21 heavy (non-hydrogen) atoms. The second kappa shape index (κ2) is 6.60. The van der Waals surface area contributed by atoms with Gasteiger partial charge in [-0.25, -0.2) is 0 Å². The maximum atomic E-state index is 12.6. The van der Waals surface area contributed by atoms with Crippen LogP contribution in [0.15, 0.2) is 12.2 Å². The van der Waals surface area contributed by atoms with Crippen LogP contribution in [0.5, 0.6) is 0 Å². The van der Waals surface area contributed by atoms with Crippen molar-refractivity contribution >= 4 is 11.8 Å². The van der Waals surface area contributed by atoms with Crippen LogP contribution in [0.4, 0.5) is 0 Å². The van der Waals surface area contributed by atoms with Crippen molar-refractivity contribution in [2.45, 2.75) is 38.1 Å². The van der Waals surface area contributed by atoms with E-state index in [1.807, 2.05) is 9.80 Å². The van der Waals surface area contributed by atoms with Gasteiger partial charge in [0, 0.05) is 39.1 Å². The van der Waals surface area contributed by atoms with E-state index in [4.69, 9.17) is 0 Å². The molecule has 0 bridgehead atoms. The molecule has 1 aliphatic carbocycles. The number of nitrogens with zero attached hydrogens (tertiary/aromatic N) is 2. The van der Waals surface area contributed by atoms with E-state index in [2.05, 4.69) is 17.5 Å². The molecular weight excluding hydrogens is 266 g/mol. The predicted molar refractivity (Wildman–Crippen MR) is 80.7 cm³/mol. The van der Waals surface area contributed by atoms with Crippen LogP contribution in [-0.4, -0.2) is 60.4 Å². The average molecular weight is 291 g/mol. The Morgan fingerprint density at radius 2 is 1.95 bits per heavy atom. The molecule has 0 spiro atoms. The maximum absolute atomic E-state index is 12.6. The van der Waals surface area contributed by atoms with Crippen molar-refractivity contribution in [1.82, 2.24) is 15.1 Å². The minimum atomic E-state index is -0.207. The van der Waals surface area contributed by atoms with E-state index >= 15 is 0 Å². The molecule has 0 aromatic heterocycles. The quantitative estimate of drug-likeness (QED) is 0.781. The highest BCUT2D eigenvalue weighted by Gasteiger charge is 2.37. The van der Waals surface area contributed by atoms with Crippen molar-refractivity contribution in [3.05, 3.63) is 12.2 Å². The van der Waals surface area contributed by atoms with Crippen LogP contribution >= 0.6 is 0 Å². The molecule has 2 atom stereocenters. The fourth-order valence-corrected chi connectivity index (χ4v) is 3.62. The third-order valence-electron chi connectivity index (χ3n) is 4.84. The van der Waals surface area contributed by atoms with E-state index in [9.17, 15) is 9.59 Å². The Morgan fingerprint density at radius 1 is 1.14 bits per heavy atom. The van der Waals surface area contributed by atoms with Crippen LogP contribution in [0, 0.1) is 5.92 Å². The molecule has 0 radical (unpaired) electrons. The van der Waals surface area contributed by atoms with Gasteiger partial charge in [-0.2, -0.15) is 0 Å². The van der Waals surface area contributed by atoms with E-state index in [-0.39, 0.29) is 17.9 Å². The normalized spacial score (nSPS) is 29.1. The smallest absolute Gasteiger partial charge is 0.245 e. The molecule has 2 saturated heterocycles. The van der Waals surface area contributed by atoms with Crippen LogP contribution in [0.1, 0.15) is 32.1 Å². The highest BCUT2D eigenvalue weighted by atomic mass is 16.2. The predicted octanol–water partition coefficient (Wildman–Crippen LogP) is 0.766. The summed E-state index contributed by atoms with van der Waals surface area (Å²) in [7, 11) is 0. The maximum Gasteiger partial charge on any atom is 0.245 e. The van der Waals surface area contributed by atoms with Gasteiger partial charge in [-0.15, -0.1) is 0 Å². The zero-order chi connectivity index (χ0) is 14.7. The zero-order valence-corrected chi connectivity index (χ0v) is 12.6. The molecule has 0 aromatic rings. The van der Waals surface area contributed by atoms with E-state index in [1.165, 1.54) is 0 Å². The first-order chi connectivity index (χ1) is 10.3. The van der Waals surface area contributed by atoms with Gasteiger partial charge < -0.3 is 15.1 Å². The summed E-state index contributed by atoms with van der Waals surface area (Å²) in [6.07, 6.45) is 8.83. The van der Waals surface area contributed by atoms with Crippen LogP contribution in [0.25, 0.3) is 0 Å². The minimum absolute atomic E-state index is 0.157. The van der Waals surface area contributed by atoms with Crippen molar-refractivity contribution in [1.29, 1.82) is 0 Å². The van der Waals surface area contributed by atoms with Gasteiger partial charge in [-0.05, 0) is 31.6 Å². The Kier molecular flexibility index (Phi) is 4.58. The molecule has 3 rings (SSSR count).